The molecule has 2 aromatic heterocycles. The molecule has 3 rings (SSSR count). The van der Waals surface area contributed by atoms with Crippen LogP contribution in [0.4, 0.5) is 5.82 Å². The summed E-state index contributed by atoms with van der Waals surface area (Å²) in [6.45, 7) is 4.17. The van der Waals surface area contributed by atoms with Crippen LogP contribution in [0.25, 0.3) is 10.2 Å². The topological polar surface area (TPSA) is 55.3 Å². The first-order chi connectivity index (χ1) is 11.1. The summed E-state index contributed by atoms with van der Waals surface area (Å²) in [5.74, 6) is 0.672. The zero-order valence-corrected chi connectivity index (χ0v) is 14.8. The van der Waals surface area contributed by atoms with Crippen LogP contribution in [-0.2, 0) is 4.74 Å². The molecule has 0 saturated heterocycles. The molecular formula is C17H23N3O2S. The Hall–Kier alpha value is -1.69. The third kappa shape index (κ3) is 3.04. The summed E-state index contributed by atoms with van der Waals surface area (Å²) in [6, 6.07) is 0.521. The highest BCUT2D eigenvalue weighted by Crippen LogP contribution is 2.36. The van der Waals surface area contributed by atoms with Gasteiger partial charge in [0.15, 0.2) is 0 Å². The molecule has 1 aliphatic rings. The van der Waals surface area contributed by atoms with Crippen LogP contribution in [0.15, 0.2) is 6.33 Å². The summed E-state index contributed by atoms with van der Waals surface area (Å²) in [5, 5.41) is 0.994. The van der Waals surface area contributed by atoms with Gasteiger partial charge < -0.3 is 9.64 Å². The molecule has 5 nitrogen and oxygen atoms in total. The Morgan fingerprint density at radius 1 is 1.35 bits per heavy atom. The van der Waals surface area contributed by atoms with Gasteiger partial charge in [0, 0.05) is 13.1 Å². The third-order valence-electron chi connectivity index (χ3n) is 4.62. The molecule has 0 aromatic carbocycles. The second-order valence-electron chi connectivity index (χ2n) is 6.06. The molecule has 0 radical (unpaired) electrons. The number of ether oxygens (including phenoxy) is 1. The number of aryl methyl sites for hydroxylation is 1. The number of hydrogen-bond acceptors (Lipinski definition) is 6. The maximum atomic E-state index is 12.1. The van der Waals surface area contributed by atoms with Crippen molar-refractivity contribution in [3.8, 4) is 0 Å². The van der Waals surface area contributed by atoms with E-state index in [1.54, 1.807) is 6.33 Å². The summed E-state index contributed by atoms with van der Waals surface area (Å²) in [6.07, 6.45) is 7.89. The molecule has 0 amide bonds. The number of nitrogens with zero attached hydrogens (tertiary/aromatic N) is 3. The molecular weight excluding hydrogens is 310 g/mol. The van der Waals surface area contributed by atoms with Gasteiger partial charge in [0.2, 0.25) is 0 Å². The maximum absolute atomic E-state index is 12.1. The number of hydrogen-bond donors (Lipinski definition) is 0. The molecule has 0 atom stereocenters. The summed E-state index contributed by atoms with van der Waals surface area (Å²) in [7, 11) is 2.11. The van der Waals surface area contributed by atoms with Crippen LogP contribution in [0, 0.1) is 6.92 Å². The summed E-state index contributed by atoms with van der Waals surface area (Å²) < 4.78 is 5.16. The lowest BCUT2D eigenvalue weighted by atomic mass is 9.94. The lowest BCUT2D eigenvalue weighted by Crippen LogP contribution is -2.34. The second-order valence-corrected chi connectivity index (χ2v) is 7.06. The zero-order chi connectivity index (χ0) is 16.4. The van der Waals surface area contributed by atoms with Crippen molar-refractivity contribution in [1.82, 2.24) is 9.97 Å². The molecule has 0 N–H and O–H groups in total. The predicted octanol–water partition coefficient (Wildman–Crippen LogP) is 3.95. The highest BCUT2D eigenvalue weighted by Gasteiger charge is 2.25. The molecule has 1 saturated carbocycles. The zero-order valence-electron chi connectivity index (χ0n) is 14.0. The molecule has 1 fully saturated rings. The summed E-state index contributed by atoms with van der Waals surface area (Å²) >= 11 is 1.40. The largest absolute Gasteiger partial charge is 0.462 e. The van der Waals surface area contributed by atoms with E-state index in [4.69, 9.17) is 4.74 Å². The summed E-state index contributed by atoms with van der Waals surface area (Å²) in [4.78, 5) is 24.8. The molecule has 2 heterocycles. The predicted molar refractivity (Wildman–Crippen MR) is 93.4 cm³/mol. The van der Waals surface area contributed by atoms with Crippen molar-refractivity contribution in [2.24, 2.45) is 0 Å². The molecule has 0 bridgehead atoms. The fourth-order valence-electron chi connectivity index (χ4n) is 3.35. The van der Waals surface area contributed by atoms with Crippen LogP contribution in [0.1, 0.15) is 54.3 Å². The van der Waals surface area contributed by atoms with Gasteiger partial charge in [0.05, 0.1) is 12.0 Å². The second kappa shape index (κ2) is 6.83. The van der Waals surface area contributed by atoms with Gasteiger partial charge in [-0.25, -0.2) is 14.8 Å². The molecule has 6 heteroatoms. The van der Waals surface area contributed by atoms with Crippen molar-refractivity contribution in [3.63, 3.8) is 0 Å². The molecule has 2 aromatic rings. The van der Waals surface area contributed by atoms with E-state index in [2.05, 4.69) is 21.9 Å². The fraction of sp³-hybridized carbons (Fsp3) is 0.588. The minimum atomic E-state index is -0.265. The van der Waals surface area contributed by atoms with Crippen molar-refractivity contribution < 1.29 is 9.53 Å². The average Bonchev–Trinajstić information content (AvgIpc) is 2.92. The first-order valence-electron chi connectivity index (χ1n) is 8.27. The number of anilines is 1. The normalized spacial score (nSPS) is 15.8. The van der Waals surface area contributed by atoms with Gasteiger partial charge in [-0.15, -0.1) is 11.3 Å². The smallest absolute Gasteiger partial charge is 0.348 e. The van der Waals surface area contributed by atoms with Gasteiger partial charge in [-0.05, 0) is 32.3 Å². The Kier molecular flexibility index (Phi) is 4.80. The van der Waals surface area contributed by atoms with Gasteiger partial charge in [-0.1, -0.05) is 19.3 Å². The van der Waals surface area contributed by atoms with E-state index in [0.717, 1.165) is 21.6 Å². The van der Waals surface area contributed by atoms with Crippen LogP contribution in [0.2, 0.25) is 0 Å². The first kappa shape index (κ1) is 16.2. The minimum absolute atomic E-state index is 0.265. The highest BCUT2D eigenvalue weighted by atomic mass is 32.1. The van der Waals surface area contributed by atoms with E-state index in [9.17, 15) is 4.79 Å². The molecule has 0 unspecified atom stereocenters. The van der Waals surface area contributed by atoms with E-state index < -0.39 is 0 Å². The van der Waals surface area contributed by atoms with E-state index in [0.29, 0.717) is 17.5 Å². The molecule has 124 valence electrons. The molecule has 23 heavy (non-hydrogen) atoms. The first-order valence-corrected chi connectivity index (χ1v) is 9.09. The van der Waals surface area contributed by atoms with Crippen LogP contribution < -0.4 is 4.90 Å². The average molecular weight is 333 g/mol. The van der Waals surface area contributed by atoms with Crippen molar-refractivity contribution in [2.45, 2.75) is 52.0 Å². The highest BCUT2D eigenvalue weighted by molar-refractivity contribution is 7.20. The number of fused-ring (bicyclic) bond motifs is 1. The number of esters is 1. The van der Waals surface area contributed by atoms with Crippen molar-refractivity contribution in [2.75, 3.05) is 18.6 Å². The lowest BCUT2D eigenvalue weighted by molar-refractivity contribution is 0.0531. The standard InChI is InChI=1S/C17H23N3O2S/c1-4-22-17(21)14-11(2)13-15(18-10-19-16(13)23-14)20(3)12-8-6-5-7-9-12/h10,12H,4-9H2,1-3H3. The van der Waals surface area contributed by atoms with Gasteiger partial charge in [0.25, 0.3) is 0 Å². The number of thiophene rings is 1. The quantitative estimate of drug-likeness (QED) is 0.793. The SMILES string of the molecule is CCOC(=O)c1sc2ncnc(N(C)C3CCCCC3)c2c1C. The Morgan fingerprint density at radius 3 is 2.78 bits per heavy atom. The van der Waals surface area contributed by atoms with Gasteiger partial charge >= 0.3 is 5.97 Å². The van der Waals surface area contributed by atoms with Crippen LogP contribution >= 0.6 is 11.3 Å². The molecule has 0 spiro atoms. The number of carbonyl (C=O) groups is 1. The van der Waals surface area contributed by atoms with E-state index in [1.165, 1.54) is 43.4 Å². The number of aromatic nitrogens is 2. The van der Waals surface area contributed by atoms with E-state index >= 15 is 0 Å². The number of carbonyl (C=O) groups excluding carboxylic acids is 1. The van der Waals surface area contributed by atoms with Crippen molar-refractivity contribution >= 4 is 33.3 Å². The van der Waals surface area contributed by atoms with E-state index in [-0.39, 0.29) is 5.97 Å². The monoisotopic (exact) mass is 333 g/mol. The Morgan fingerprint density at radius 2 is 2.09 bits per heavy atom. The minimum Gasteiger partial charge on any atom is -0.462 e. The Bertz CT molecular complexity index is 707. The van der Waals surface area contributed by atoms with E-state index in [1.807, 2.05) is 13.8 Å². The van der Waals surface area contributed by atoms with Gasteiger partial charge in [-0.2, -0.15) is 0 Å². The Balaban J connectivity index is 2.02. The van der Waals surface area contributed by atoms with Crippen molar-refractivity contribution in [1.29, 1.82) is 0 Å². The van der Waals surface area contributed by atoms with Crippen molar-refractivity contribution in [3.05, 3.63) is 16.8 Å². The van der Waals surface area contributed by atoms with Gasteiger partial charge in [-0.3, -0.25) is 0 Å². The molecule has 1 aliphatic carbocycles. The maximum Gasteiger partial charge on any atom is 0.348 e. The third-order valence-corrected chi connectivity index (χ3v) is 5.80. The lowest BCUT2D eigenvalue weighted by Gasteiger charge is -2.32. The fourth-order valence-corrected chi connectivity index (χ4v) is 4.39. The molecule has 0 aliphatic heterocycles. The van der Waals surface area contributed by atoms with Crippen LogP contribution in [-0.4, -0.2) is 35.6 Å². The van der Waals surface area contributed by atoms with Crippen LogP contribution in [0.3, 0.4) is 0 Å². The summed E-state index contributed by atoms with van der Waals surface area (Å²) in [5.41, 5.74) is 0.932. The van der Waals surface area contributed by atoms with Crippen LogP contribution in [0.5, 0.6) is 0 Å². The Labute approximate surface area is 140 Å². The van der Waals surface area contributed by atoms with Gasteiger partial charge in [0.1, 0.15) is 21.9 Å². The number of rotatable bonds is 4.